The Hall–Kier alpha value is -4.50. The largest absolute Gasteiger partial charge is 0.324 e. The smallest absolute Gasteiger partial charge is 0.296 e. The lowest BCUT2D eigenvalue weighted by Gasteiger charge is -2.17. The second-order valence-electron chi connectivity index (χ2n) is 8.87. The van der Waals surface area contributed by atoms with E-state index in [4.69, 9.17) is 23.2 Å². The number of para-hydroxylation sites is 2. The van der Waals surface area contributed by atoms with E-state index in [1.165, 1.54) is 12.1 Å². The average Bonchev–Trinajstić information content (AvgIpc) is 3.23. The monoisotopic (exact) mass is 625 g/mol. The van der Waals surface area contributed by atoms with Crippen LogP contribution in [0, 0.1) is 0 Å². The number of benzene rings is 3. The lowest BCUT2D eigenvalue weighted by molar-refractivity contribution is -0.117. The predicted molar refractivity (Wildman–Crippen MR) is 159 cm³/mol. The Labute approximate surface area is 250 Å². The number of hydrazone groups is 1. The summed E-state index contributed by atoms with van der Waals surface area (Å²) in [5, 5.41) is 16.6. The summed E-state index contributed by atoms with van der Waals surface area (Å²) in [6, 6.07) is 18.6. The molecule has 13 nitrogen and oxygen atoms in total. The number of carbonyl (C=O) groups excluding carboxylic acids is 1. The van der Waals surface area contributed by atoms with Gasteiger partial charge in [0.25, 0.3) is 16.0 Å². The van der Waals surface area contributed by atoms with Gasteiger partial charge >= 0.3 is 0 Å². The van der Waals surface area contributed by atoms with E-state index in [2.05, 4.69) is 35.6 Å². The first-order chi connectivity index (χ1) is 20.0. The van der Waals surface area contributed by atoms with Crippen LogP contribution in [0.4, 0.5) is 34.6 Å². The van der Waals surface area contributed by atoms with Crippen LogP contribution in [0.25, 0.3) is 0 Å². The second kappa shape index (κ2) is 11.8. The van der Waals surface area contributed by atoms with E-state index >= 15 is 0 Å². The Bertz CT molecular complexity index is 1840. The van der Waals surface area contributed by atoms with Gasteiger partial charge in [-0.2, -0.15) is 43.7 Å². The summed E-state index contributed by atoms with van der Waals surface area (Å²) in [6.45, 7) is 1.58. The molecule has 4 aromatic rings. The van der Waals surface area contributed by atoms with E-state index in [9.17, 15) is 17.8 Å². The molecule has 1 aliphatic heterocycles. The molecular weight excluding hydrogens is 605 g/mol. The van der Waals surface area contributed by atoms with E-state index in [1.807, 2.05) is 30.3 Å². The van der Waals surface area contributed by atoms with E-state index in [0.29, 0.717) is 16.4 Å². The Morgan fingerprint density at radius 1 is 1.00 bits per heavy atom. The van der Waals surface area contributed by atoms with Crippen molar-refractivity contribution in [2.24, 2.45) is 15.3 Å². The first kappa shape index (κ1) is 29.0. The van der Waals surface area contributed by atoms with Crippen LogP contribution < -0.4 is 15.2 Å². The zero-order valence-corrected chi connectivity index (χ0v) is 24.2. The van der Waals surface area contributed by atoms with Crippen molar-refractivity contribution < 1.29 is 17.8 Å². The molecule has 0 aliphatic carbocycles. The van der Waals surface area contributed by atoms with Crippen LogP contribution in [0.1, 0.15) is 6.92 Å². The summed E-state index contributed by atoms with van der Waals surface area (Å²) in [4.78, 5) is 26.9. The third-order valence-electron chi connectivity index (χ3n) is 5.99. The van der Waals surface area contributed by atoms with Crippen LogP contribution in [0.15, 0.2) is 93.0 Å². The van der Waals surface area contributed by atoms with Gasteiger partial charge in [-0.3, -0.25) is 9.35 Å². The van der Waals surface area contributed by atoms with Crippen molar-refractivity contribution in [2.45, 2.75) is 17.9 Å². The molecule has 1 amide bonds. The minimum absolute atomic E-state index is 0.0552. The second-order valence-corrected chi connectivity index (χ2v) is 11.0. The molecule has 0 bridgehead atoms. The maximum absolute atomic E-state index is 13.1. The van der Waals surface area contributed by atoms with Crippen LogP contribution in [0.2, 0.25) is 10.3 Å². The molecule has 0 saturated heterocycles. The number of carbonyl (C=O) groups is 1. The number of nitrogens with one attached hydrogen (secondary N) is 1. The van der Waals surface area contributed by atoms with Crippen molar-refractivity contribution in [1.29, 1.82) is 0 Å². The minimum Gasteiger partial charge on any atom is -0.324 e. The number of hydrogen-bond donors (Lipinski definition) is 2. The van der Waals surface area contributed by atoms with E-state index < -0.39 is 27.0 Å². The third-order valence-corrected chi connectivity index (χ3v) is 7.38. The number of rotatable bonds is 8. The minimum atomic E-state index is -4.70. The van der Waals surface area contributed by atoms with Crippen LogP contribution in [-0.4, -0.2) is 52.6 Å². The zero-order valence-electron chi connectivity index (χ0n) is 21.9. The number of halogens is 2. The van der Waals surface area contributed by atoms with E-state index in [1.54, 1.807) is 43.1 Å². The third kappa shape index (κ3) is 6.21. The molecule has 42 heavy (non-hydrogen) atoms. The van der Waals surface area contributed by atoms with Crippen LogP contribution in [0.3, 0.4) is 0 Å². The topological polar surface area (TPSA) is 166 Å². The highest BCUT2D eigenvalue weighted by Gasteiger charge is 2.35. The molecule has 0 fully saturated rings. The van der Waals surface area contributed by atoms with Crippen molar-refractivity contribution in [2.75, 3.05) is 22.3 Å². The summed E-state index contributed by atoms with van der Waals surface area (Å²) >= 11 is 12.4. The molecular formula is C26H21Cl2N9O4S. The van der Waals surface area contributed by atoms with Crippen molar-refractivity contribution >= 4 is 79.6 Å². The van der Waals surface area contributed by atoms with Gasteiger partial charge in [0.05, 0.1) is 16.4 Å². The standard InChI is InChI=1S/C26H21Cl2N9O4S/c1-15-22(23(38)37(35-15)20-11-7-6-10-18(20)27)34-33-19-14-16(12-13-21(19)42(39,40)41)29-25-30-24(28)31-26(32-25)36(2)17-8-4-3-5-9-17/h3-14,22H,1-2H3,(H,39,40,41)(H,29,30,31,32). The maximum Gasteiger partial charge on any atom is 0.296 e. The Kier molecular flexibility index (Phi) is 8.13. The van der Waals surface area contributed by atoms with Gasteiger partial charge in [0, 0.05) is 18.4 Å². The fourth-order valence-electron chi connectivity index (χ4n) is 3.94. The summed E-state index contributed by atoms with van der Waals surface area (Å²) in [5.74, 6) is -0.239. The summed E-state index contributed by atoms with van der Waals surface area (Å²) in [7, 11) is -2.95. The quantitative estimate of drug-likeness (QED) is 0.181. The molecule has 1 aromatic heterocycles. The molecule has 1 unspecified atom stereocenters. The van der Waals surface area contributed by atoms with Crippen LogP contribution in [0.5, 0.6) is 0 Å². The summed E-state index contributed by atoms with van der Waals surface area (Å²) in [5.41, 5.74) is 1.51. The number of azo groups is 1. The SMILES string of the molecule is CC1=NN(c2ccccc2Cl)C(=O)C1N=Nc1cc(Nc2nc(Cl)nc(N(C)c3ccccc3)n2)ccc1S(=O)(=O)O. The Morgan fingerprint density at radius 3 is 2.43 bits per heavy atom. The predicted octanol–water partition coefficient (Wildman–Crippen LogP) is 5.81. The van der Waals surface area contributed by atoms with Crippen LogP contribution in [-0.2, 0) is 14.9 Å². The highest BCUT2D eigenvalue weighted by molar-refractivity contribution is 7.86. The van der Waals surface area contributed by atoms with Gasteiger partial charge in [-0.05, 0) is 61.0 Å². The van der Waals surface area contributed by atoms with Crippen LogP contribution >= 0.6 is 23.2 Å². The van der Waals surface area contributed by atoms with Gasteiger partial charge in [0.15, 0.2) is 6.04 Å². The van der Waals surface area contributed by atoms with Crippen molar-refractivity contribution in [3.63, 3.8) is 0 Å². The Morgan fingerprint density at radius 2 is 1.71 bits per heavy atom. The molecule has 2 heterocycles. The lowest BCUT2D eigenvalue weighted by Crippen LogP contribution is -2.29. The first-order valence-corrected chi connectivity index (χ1v) is 14.3. The van der Waals surface area contributed by atoms with Gasteiger partial charge in [-0.1, -0.05) is 41.9 Å². The molecule has 0 saturated carbocycles. The number of amides is 1. The van der Waals surface area contributed by atoms with Gasteiger partial charge in [0.2, 0.25) is 17.2 Å². The molecule has 0 radical (unpaired) electrons. The fourth-order valence-corrected chi connectivity index (χ4v) is 4.91. The van der Waals surface area contributed by atoms with E-state index in [-0.39, 0.29) is 28.6 Å². The highest BCUT2D eigenvalue weighted by Crippen LogP contribution is 2.32. The molecule has 1 aliphatic rings. The number of aromatic nitrogens is 3. The fraction of sp³-hybridized carbons (Fsp3) is 0.115. The normalized spacial score (nSPS) is 15.3. The first-order valence-electron chi connectivity index (χ1n) is 12.1. The van der Waals surface area contributed by atoms with Gasteiger partial charge in [0.1, 0.15) is 10.6 Å². The number of hydrogen-bond acceptors (Lipinski definition) is 11. The molecule has 214 valence electrons. The highest BCUT2D eigenvalue weighted by atomic mass is 35.5. The lowest BCUT2D eigenvalue weighted by atomic mass is 10.2. The van der Waals surface area contributed by atoms with Gasteiger partial charge in [-0.15, -0.1) is 0 Å². The summed E-state index contributed by atoms with van der Waals surface area (Å²) < 4.78 is 34.0. The molecule has 2 N–H and O–H groups in total. The van der Waals surface area contributed by atoms with Gasteiger partial charge < -0.3 is 10.2 Å². The molecule has 1 atom stereocenters. The molecule has 0 spiro atoms. The van der Waals surface area contributed by atoms with Crippen molar-refractivity contribution in [1.82, 2.24) is 15.0 Å². The van der Waals surface area contributed by atoms with E-state index in [0.717, 1.165) is 16.8 Å². The van der Waals surface area contributed by atoms with Crippen molar-refractivity contribution in [3.05, 3.63) is 83.1 Å². The molecule has 16 heteroatoms. The van der Waals surface area contributed by atoms with Crippen molar-refractivity contribution in [3.8, 4) is 0 Å². The van der Waals surface area contributed by atoms with Gasteiger partial charge in [-0.25, -0.2) is 0 Å². The molecule has 5 rings (SSSR count). The Balaban J connectivity index is 1.44. The maximum atomic E-state index is 13.1. The zero-order chi connectivity index (χ0) is 30.0. The number of nitrogens with zero attached hydrogens (tertiary/aromatic N) is 8. The molecule has 3 aromatic carbocycles. The summed E-state index contributed by atoms with van der Waals surface area (Å²) in [6.07, 6.45) is 0. The number of anilines is 5. The average molecular weight is 626 g/mol.